The van der Waals surface area contributed by atoms with Gasteiger partial charge in [-0.3, -0.25) is 9.59 Å². The van der Waals surface area contributed by atoms with Crippen LogP contribution in [0.4, 0.5) is 0 Å². The van der Waals surface area contributed by atoms with Crippen LogP contribution in [0.2, 0.25) is 0 Å². The van der Waals surface area contributed by atoms with E-state index >= 15 is 0 Å². The quantitative estimate of drug-likeness (QED) is 0.399. The maximum atomic E-state index is 12.1. The number of sulfone groups is 1. The molecule has 2 fully saturated rings. The van der Waals surface area contributed by atoms with Gasteiger partial charge in [-0.1, -0.05) is 0 Å². The first-order chi connectivity index (χ1) is 10.6. The van der Waals surface area contributed by atoms with E-state index in [0.717, 1.165) is 0 Å². The zero-order valence-corrected chi connectivity index (χ0v) is 15.1. The Morgan fingerprint density at radius 1 is 1.38 bits per heavy atom. The summed E-state index contributed by atoms with van der Waals surface area (Å²) in [6, 6.07) is -0.984. The molecule has 5 N–H and O–H groups in total. The number of fused-ring (bicyclic) bond motifs is 1. The Morgan fingerprint density at radius 2 is 1.96 bits per heavy atom. The molecule has 0 aromatic carbocycles. The molecule has 2 rings (SSSR count). The first-order valence-corrected chi connectivity index (χ1v) is 9.93. The molecule has 9 nitrogen and oxygen atoms in total. The molecule has 2 aliphatic rings. The number of carbonyl (C=O) groups is 3. The second kappa shape index (κ2) is 7.06. The smallest absolute Gasteiger partial charge is 0.330 e. The third-order valence-corrected chi connectivity index (χ3v) is 7.27. The molecule has 1 aliphatic heterocycles. The average molecular weight is 403 g/mol. The number of halogens is 1. The maximum absolute atomic E-state index is 12.1. The van der Waals surface area contributed by atoms with Gasteiger partial charge in [-0.15, -0.1) is 12.4 Å². The first-order valence-electron chi connectivity index (χ1n) is 6.83. The van der Waals surface area contributed by atoms with Crippen molar-refractivity contribution >= 4 is 51.9 Å². The summed E-state index contributed by atoms with van der Waals surface area (Å²) in [7, 11) is -3.91. The highest BCUT2D eigenvalue weighted by Gasteiger charge is 2.79. The van der Waals surface area contributed by atoms with Crippen LogP contribution in [-0.2, 0) is 24.2 Å². The van der Waals surface area contributed by atoms with Crippen LogP contribution < -0.4 is 11.1 Å². The summed E-state index contributed by atoms with van der Waals surface area (Å²) in [4.78, 5) is 34.9. The topological polar surface area (TPSA) is 164 Å². The van der Waals surface area contributed by atoms with Crippen molar-refractivity contribution < 1.29 is 33.0 Å². The van der Waals surface area contributed by atoms with Crippen molar-refractivity contribution in [1.82, 2.24) is 5.32 Å². The van der Waals surface area contributed by atoms with E-state index in [4.69, 9.17) is 10.8 Å². The number of carboxylic acids is 2. The van der Waals surface area contributed by atoms with E-state index in [0.29, 0.717) is 12.2 Å². The summed E-state index contributed by atoms with van der Waals surface area (Å²) in [6.45, 7) is 0. The number of carboxylic acid groups (broad SMARTS) is 2. The number of hydrogen-bond donors (Lipinski definition) is 4. The van der Waals surface area contributed by atoms with Gasteiger partial charge < -0.3 is 21.3 Å². The lowest BCUT2D eigenvalue weighted by Gasteiger charge is -2.28. The van der Waals surface area contributed by atoms with Crippen molar-refractivity contribution in [2.75, 3.05) is 17.8 Å². The highest BCUT2D eigenvalue weighted by atomic mass is 35.5. The molecule has 0 bridgehead atoms. The fourth-order valence-corrected chi connectivity index (χ4v) is 6.38. The first kappa shape index (κ1) is 21.0. The molecule has 1 saturated heterocycles. The predicted octanol–water partition coefficient (Wildman–Crippen LogP) is -1.44. The van der Waals surface area contributed by atoms with Crippen LogP contribution >= 0.6 is 24.2 Å². The van der Waals surface area contributed by atoms with Crippen LogP contribution in [0.5, 0.6) is 0 Å². The van der Waals surface area contributed by atoms with Gasteiger partial charge >= 0.3 is 11.9 Å². The lowest BCUT2D eigenvalue weighted by atomic mass is 9.93. The Balaban J connectivity index is 0.00000288. The van der Waals surface area contributed by atoms with Crippen molar-refractivity contribution in [3.8, 4) is 0 Å². The van der Waals surface area contributed by atoms with Gasteiger partial charge in [-0.05, 0) is 18.4 Å². The Hall–Kier alpha value is -1.04. The van der Waals surface area contributed by atoms with Gasteiger partial charge in [0.15, 0.2) is 15.4 Å². The molecule has 5 atom stereocenters. The number of carbonyl (C=O) groups excluding carboxylic acids is 1. The molecule has 138 valence electrons. The Labute approximate surface area is 149 Å². The normalized spacial score (nSPS) is 33.7. The third-order valence-electron chi connectivity index (χ3n) is 4.35. The zero-order chi connectivity index (χ0) is 17.6. The minimum atomic E-state index is -3.91. The highest BCUT2D eigenvalue weighted by Crippen LogP contribution is 2.57. The number of aliphatic carboxylic acids is 2. The van der Waals surface area contributed by atoms with Crippen LogP contribution in [-0.4, -0.2) is 71.1 Å². The lowest BCUT2D eigenvalue weighted by molar-refractivity contribution is -0.148. The Morgan fingerprint density at radius 3 is 2.38 bits per heavy atom. The van der Waals surface area contributed by atoms with Crippen LogP contribution in [0.15, 0.2) is 0 Å². The molecular weight excluding hydrogens is 384 g/mol. The molecule has 1 saturated carbocycles. The summed E-state index contributed by atoms with van der Waals surface area (Å²) < 4.78 is 24.1. The monoisotopic (exact) mass is 402 g/mol. The molecule has 0 spiro atoms. The summed E-state index contributed by atoms with van der Waals surface area (Å²) in [5.41, 5.74) is 3.55. The SMILES string of the molecule is CSCCC(N)C(=O)NC1(C(=O)O)CS(=O)(=O)C2C(C(=O)O)C21.Cl. The summed E-state index contributed by atoms with van der Waals surface area (Å²) in [6.07, 6.45) is 2.12. The second-order valence-corrected chi connectivity index (χ2v) is 8.96. The fraction of sp³-hybridized carbons (Fsp3) is 0.750. The van der Waals surface area contributed by atoms with Gasteiger partial charge in [0.25, 0.3) is 0 Å². The predicted molar refractivity (Wildman–Crippen MR) is 88.9 cm³/mol. The fourth-order valence-electron chi connectivity index (χ4n) is 3.19. The van der Waals surface area contributed by atoms with E-state index < -0.39 is 62.1 Å². The van der Waals surface area contributed by atoms with E-state index in [9.17, 15) is 27.9 Å². The molecule has 1 amide bonds. The number of rotatable bonds is 7. The molecular formula is C12H19ClN2O7S2. The molecule has 0 aromatic rings. The molecule has 5 unspecified atom stereocenters. The van der Waals surface area contributed by atoms with Crippen molar-refractivity contribution in [2.24, 2.45) is 17.6 Å². The summed E-state index contributed by atoms with van der Waals surface area (Å²) >= 11 is 1.46. The van der Waals surface area contributed by atoms with Crippen LogP contribution in [0.25, 0.3) is 0 Å². The third kappa shape index (κ3) is 3.35. The summed E-state index contributed by atoms with van der Waals surface area (Å²) in [5.74, 6) is -6.43. The standard InChI is InChI=1S/C12H18N2O7S2.ClH/c1-22-3-2-5(13)9(15)14-12(11(18)19)4-23(20,21)8-6(7(8)12)10(16)17;/h5-8H,2-4,13H2,1H3,(H,14,15)(H,16,17)(H,18,19);1H. The lowest BCUT2D eigenvalue weighted by Crippen LogP contribution is -2.61. The summed E-state index contributed by atoms with van der Waals surface area (Å²) in [5, 5.41) is 19.5. The Bertz CT molecular complexity index is 656. The van der Waals surface area contributed by atoms with E-state index in [2.05, 4.69) is 5.32 Å². The van der Waals surface area contributed by atoms with E-state index in [-0.39, 0.29) is 12.4 Å². The molecule has 0 radical (unpaired) electrons. The van der Waals surface area contributed by atoms with Crippen molar-refractivity contribution in [2.45, 2.75) is 23.3 Å². The van der Waals surface area contributed by atoms with E-state index in [1.54, 1.807) is 0 Å². The number of hydrogen-bond acceptors (Lipinski definition) is 7. The van der Waals surface area contributed by atoms with Crippen LogP contribution in [0.3, 0.4) is 0 Å². The van der Waals surface area contributed by atoms with Crippen molar-refractivity contribution in [3.63, 3.8) is 0 Å². The van der Waals surface area contributed by atoms with Gasteiger partial charge in [-0.25, -0.2) is 13.2 Å². The number of amides is 1. The molecule has 1 aliphatic carbocycles. The van der Waals surface area contributed by atoms with Gasteiger partial charge in [0.2, 0.25) is 5.91 Å². The minimum absolute atomic E-state index is 0. The number of nitrogens with one attached hydrogen (secondary N) is 1. The van der Waals surface area contributed by atoms with E-state index in [1.807, 2.05) is 6.26 Å². The van der Waals surface area contributed by atoms with Gasteiger partial charge in [0.1, 0.15) is 0 Å². The largest absolute Gasteiger partial charge is 0.481 e. The van der Waals surface area contributed by atoms with Crippen LogP contribution in [0.1, 0.15) is 6.42 Å². The van der Waals surface area contributed by atoms with E-state index in [1.165, 1.54) is 11.8 Å². The maximum Gasteiger partial charge on any atom is 0.330 e. The van der Waals surface area contributed by atoms with Crippen molar-refractivity contribution in [3.05, 3.63) is 0 Å². The number of thioether (sulfide) groups is 1. The van der Waals surface area contributed by atoms with Crippen molar-refractivity contribution in [1.29, 1.82) is 0 Å². The zero-order valence-electron chi connectivity index (χ0n) is 12.7. The highest BCUT2D eigenvalue weighted by molar-refractivity contribution is 7.98. The van der Waals surface area contributed by atoms with Crippen LogP contribution in [0, 0.1) is 11.8 Å². The Kier molecular flexibility index (Phi) is 6.18. The van der Waals surface area contributed by atoms with Gasteiger partial charge in [0.05, 0.1) is 23.0 Å². The molecule has 1 heterocycles. The average Bonchev–Trinajstić information content (AvgIpc) is 3.15. The second-order valence-electron chi connectivity index (χ2n) is 5.82. The molecule has 0 aromatic heterocycles. The van der Waals surface area contributed by atoms with Gasteiger partial charge in [-0.2, -0.15) is 11.8 Å². The number of nitrogens with two attached hydrogens (primary N) is 1. The minimum Gasteiger partial charge on any atom is -0.481 e. The van der Waals surface area contributed by atoms with Gasteiger partial charge in [0, 0.05) is 5.92 Å². The molecule has 24 heavy (non-hydrogen) atoms. The molecule has 12 heteroatoms.